The van der Waals surface area contributed by atoms with E-state index in [9.17, 15) is 0 Å². The van der Waals surface area contributed by atoms with Crippen LogP contribution in [0.1, 0.15) is 37.8 Å². The van der Waals surface area contributed by atoms with E-state index in [1.807, 2.05) is 0 Å². The van der Waals surface area contributed by atoms with Gasteiger partial charge < -0.3 is 10.6 Å². The van der Waals surface area contributed by atoms with Gasteiger partial charge in [0.2, 0.25) is 0 Å². The van der Waals surface area contributed by atoms with Gasteiger partial charge in [0.05, 0.1) is 0 Å². The van der Waals surface area contributed by atoms with Crippen molar-refractivity contribution < 1.29 is 0 Å². The minimum absolute atomic E-state index is 0.492. The molecule has 1 atom stereocenters. The van der Waals surface area contributed by atoms with E-state index >= 15 is 0 Å². The maximum atomic E-state index is 3.79. The summed E-state index contributed by atoms with van der Waals surface area (Å²) in [5.74, 6) is 0. The van der Waals surface area contributed by atoms with E-state index in [0.717, 1.165) is 24.0 Å². The van der Waals surface area contributed by atoms with Crippen LogP contribution in [-0.4, -0.2) is 19.1 Å². The van der Waals surface area contributed by atoms with Crippen LogP contribution < -0.4 is 10.6 Å². The molecule has 17 heavy (non-hydrogen) atoms. The van der Waals surface area contributed by atoms with Crippen molar-refractivity contribution in [1.82, 2.24) is 10.6 Å². The molecule has 1 heterocycles. The number of rotatable bonds is 4. The molecule has 1 aliphatic rings. The van der Waals surface area contributed by atoms with E-state index in [1.54, 1.807) is 0 Å². The zero-order chi connectivity index (χ0) is 12.1. The highest BCUT2D eigenvalue weighted by atomic mass is 79.9. The average molecular weight is 297 g/mol. The van der Waals surface area contributed by atoms with Crippen molar-refractivity contribution in [2.75, 3.05) is 13.1 Å². The third-order valence-electron chi connectivity index (χ3n) is 3.46. The van der Waals surface area contributed by atoms with Crippen molar-refractivity contribution in [2.24, 2.45) is 0 Å². The standard InChI is InChI=1S/C14H21BrN2/c1-2-14(11-3-5-12(15)6-4-11)17-13-7-9-16-10-8-13/h3-6,13-14,16-17H,2,7-10H2,1H3. The molecular weight excluding hydrogens is 276 g/mol. The lowest BCUT2D eigenvalue weighted by atomic mass is 10.00. The van der Waals surface area contributed by atoms with Gasteiger partial charge in [-0.2, -0.15) is 0 Å². The molecule has 0 spiro atoms. The summed E-state index contributed by atoms with van der Waals surface area (Å²) in [4.78, 5) is 0. The van der Waals surface area contributed by atoms with Gasteiger partial charge in [0.1, 0.15) is 0 Å². The first-order chi connectivity index (χ1) is 8.29. The van der Waals surface area contributed by atoms with Gasteiger partial charge in [-0.1, -0.05) is 35.0 Å². The molecule has 2 N–H and O–H groups in total. The summed E-state index contributed by atoms with van der Waals surface area (Å²) < 4.78 is 1.15. The van der Waals surface area contributed by atoms with Crippen LogP contribution in [0, 0.1) is 0 Å². The topological polar surface area (TPSA) is 24.1 Å². The summed E-state index contributed by atoms with van der Waals surface area (Å²) >= 11 is 3.49. The Bertz CT molecular complexity index is 331. The van der Waals surface area contributed by atoms with Crippen LogP contribution in [0.3, 0.4) is 0 Å². The van der Waals surface area contributed by atoms with E-state index < -0.39 is 0 Å². The highest BCUT2D eigenvalue weighted by molar-refractivity contribution is 9.10. The third kappa shape index (κ3) is 3.80. The van der Waals surface area contributed by atoms with Gasteiger partial charge >= 0.3 is 0 Å². The first-order valence-corrected chi connectivity index (χ1v) is 7.31. The fourth-order valence-electron chi connectivity index (χ4n) is 2.42. The summed E-state index contributed by atoms with van der Waals surface area (Å²) in [6, 6.07) is 9.85. The van der Waals surface area contributed by atoms with Gasteiger partial charge in [0.15, 0.2) is 0 Å². The van der Waals surface area contributed by atoms with Crippen molar-refractivity contribution in [3.05, 3.63) is 34.3 Å². The fraction of sp³-hybridized carbons (Fsp3) is 0.571. The van der Waals surface area contributed by atoms with Crippen molar-refractivity contribution in [1.29, 1.82) is 0 Å². The number of hydrogen-bond acceptors (Lipinski definition) is 2. The summed E-state index contributed by atoms with van der Waals surface area (Å²) in [5, 5.41) is 7.19. The Kier molecular flexibility index (Phi) is 5.01. The molecule has 0 amide bonds. The van der Waals surface area contributed by atoms with Crippen molar-refractivity contribution in [2.45, 2.75) is 38.3 Å². The molecular formula is C14H21BrN2. The quantitative estimate of drug-likeness (QED) is 0.891. The van der Waals surface area contributed by atoms with Crippen LogP contribution in [0.4, 0.5) is 0 Å². The molecule has 1 aromatic rings. The molecule has 94 valence electrons. The monoisotopic (exact) mass is 296 g/mol. The van der Waals surface area contributed by atoms with Gasteiger partial charge in [-0.05, 0) is 50.0 Å². The Morgan fingerprint density at radius 2 is 1.94 bits per heavy atom. The summed E-state index contributed by atoms with van der Waals surface area (Å²) in [6.07, 6.45) is 3.63. The Morgan fingerprint density at radius 3 is 2.53 bits per heavy atom. The van der Waals surface area contributed by atoms with Crippen LogP contribution in [0.25, 0.3) is 0 Å². The van der Waals surface area contributed by atoms with Crippen molar-refractivity contribution in [3.8, 4) is 0 Å². The van der Waals surface area contributed by atoms with Crippen LogP contribution in [0.2, 0.25) is 0 Å². The largest absolute Gasteiger partial charge is 0.317 e. The lowest BCUT2D eigenvalue weighted by molar-refractivity contribution is 0.345. The van der Waals surface area contributed by atoms with Crippen LogP contribution in [-0.2, 0) is 0 Å². The second-order valence-electron chi connectivity index (χ2n) is 4.70. The fourth-order valence-corrected chi connectivity index (χ4v) is 2.68. The smallest absolute Gasteiger partial charge is 0.0320 e. The zero-order valence-electron chi connectivity index (χ0n) is 10.4. The maximum absolute atomic E-state index is 3.79. The molecule has 0 radical (unpaired) electrons. The summed E-state index contributed by atoms with van der Waals surface area (Å²) in [7, 11) is 0. The second kappa shape index (κ2) is 6.53. The first-order valence-electron chi connectivity index (χ1n) is 6.52. The molecule has 1 saturated heterocycles. The Hall–Kier alpha value is -0.380. The molecule has 0 aliphatic carbocycles. The van der Waals surface area contributed by atoms with Gasteiger partial charge in [-0.3, -0.25) is 0 Å². The Balaban J connectivity index is 1.97. The number of benzene rings is 1. The number of halogens is 1. The van der Waals surface area contributed by atoms with E-state index in [-0.39, 0.29) is 0 Å². The van der Waals surface area contributed by atoms with Gasteiger partial charge in [0, 0.05) is 16.6 Å². The van der Waals surface area contributed by atoms with Crippen LogP contribution in [0.15, 0.2) is 28.7 Å². The van der Waals surface area contributed by atoms with Crippen molar-refractivity contribution >= 4 is 15.9 Å². The zero-order valence-corrected chi connectivity index (χ0v) is 12.0. The van der Waals surface area contributed by atoms with Crippen LogP contribution in [0.5, 0.6) is 0 Å². The maximum Gasteiger partial charge on any atom is 0.0320 e. The molecule has 0 saturated carbocycles. The molecule has 2 rings (SSSR count). The first kappa shape index (κ1) is 13.1. The summed E-state index contributed by atoms with van der Waals surface area (Å²) in [5.41, 5.74) is 1.40. The minimum atomic E-state index is 0.492. The number of hydrogen-bond donors (Lipinski definition) is 2. The highest BCUT2D eigenvalue weighted by Crippen LogP contribution is 2.21. The average Bonchev–Trinajstić information content (AvgIpc) is 2.38. The predicted molar refractivity (Wildman–Crippen MR) is 76.2 cm³/mol. The van der Waals surface area contributed by atoms with Crippen molar-refractivity contribution in [3.63, 3.8) is 0 Å². The predicted octanol–water partition coefficient (Wildman–Crippen LogP) is 3.24. The SMILES string of the molecule is CCC(NC1CCNCC1)c1ccc(Br)cc1. The molecule has 2 nitrogen and oxygen atoms in total. The van der Waals surface area contributed by atoms with Gasteiger partial charge in [0.25, 0.3) is 0 Å². The molecule has 1 fully saturated rings. The van der Waals surface area contributed by atoms with E-state index in [2.05, 4.69) is 57.8 Å². The minimum Gasteiger partial charge on any atom is -0.317 e. The van der Waals surface area contributed by atoms with Crippen LogP contribution >= 0.6 is 15.9 Å². The molecule has 1 unspecified atom stereocenters. The molecule has 0 bridgehead atoms. The lowest BCUT2D eigenvalue weighted by Crippen LogP contribution is -2.41. The molecule has 0 aromatic heterocycles. The Morgan fingerprint density at radius 1 is 1.29 bits per heavy atom. The Labute approximate surface area is 112 Å². The summed E-state index contributed by atoms with van der Waals surface area (Å²) in [6.45, 7) is 4.55. The van der Waals surface area contributed by atoms with Gasteiger partial charge in [-0.15, -0.1) is 0 Å². The lowest BCUT2D eigenvalue weighted by Gasteiger charge is -2.28. The number of nitrogens with one attached hydrogen (secondary N) is 2. The van der Waals surface area contributed by atoms with E-state index in [0.29, 0.717) is 12.1 Å². The molecule has 1 aromatic carbocycles. The third-order valence-corrected chi connectivity index (χ3v) is 3.99. The van der Waals surface area contributed by atoms with E-state index in [4.69, 9.17) is 0 Å². The second-order valence-corrected chi connectivity index (χ2v) is 5.62. The number of piperidine rings is 1. The molecule has 3 heteroatoms. The highest BCUT2D eigenvalue weighted by Gasteiger charge is 2.17. The van der Waals surface area contributed by atoms with E-state index in [1.165, 1.54) is 18.4 Å². The van der Waals surface area contributed by atoms with Gasteiger partial charge in [-0.25, -0.2) is 0 Å². The normalized spacial score (nSPS) is 19.2. The molecule has 1 aliphatic heterocycles.